The molecule has 1 aromatic rings. The molecule has 0 saturated carbocycles. The lowest BCUT2D eigenvalue weighted by Crippen LogP contribution is -2.46. The van der Waals surface area contributed by atoms with Gasteiger partial charge in [-0.2, -0.15) is 0 Å². The second-order valence-electron chi connectivity index (χ2n) is 6.88. The minimum atomic E-state index is -0.873. The summed E-state index contributed by atoms with van der Waals surface area (Å²) in [7, 11) is 0. The molecule has 7 heteroatoms. The first-order chi connectivity index (χ1) is 11.8. The summed E-state index contributed by atoms with van der Waals surface area (Å²) in [6, 6.07) is 3.36. The summed E-state index contributed by atoms with van der Waals surface area (Å²) in [5, 5.41) is 7.70. The van der Waals surface area contributed by atoms with Crippen molar-refractivity contribution in [1.29, 1.82) is 0 Å². The van der Waals surface area contributed by atoms with Crippen LogP contribution >= 0.6 is 11.3 Å². The van der Waals surface area contributed by atoms with Crippen LogP contribution in [0, 0.1) is 5.92 Å². The van der Waals surface area contributed by atoms with E-state index in [4.69, 9.17) is 0 Å². The van der Waals surface area contributed by atoms with Gasteiger partial charge in [-0.15, -0.1) is 11.3 Å². The lowest BCUT2D eigenvalue weighted by atomic mass is 9.93. The van der Waals surface area contributed by atoms with Gasteiger partial charge in [-0.1, -0.05) is 33.8 Å². The Morgan fingerprint density at radius 2 is 2.00 bits per heavy atom. The van der Waals surface area contributed by atoms with Gasteiger partial charge in [-0.05, 0) is 36.6 Å². The van der Waals surface area contributed by atoms with Crippen molar-refractivity contribution < 1.29 is 14.4 Å². The zero-order chi connectivity index (χ0) is 18.6. The standard InChI is InChI=1S/C18H27N3O3S/c1-5-18(6-2)16(23)21(17(24)20-18)11-15(22)19-13(10-12(3)4)14-8-7-9-25-14/h7-9,12-13H,5-6,10-11H2,1-4H3,(H,19,22)(H,20,24). The molecule has 1 aliphatic heterocycles. The van der Waals surface area contributed by atoms with Crippen LogP contribution in [0.1, 0.15) is 57.9 Å². The van der Waals surface area contributed by atoms with Crippen LogP contribution in [0.4, 0.5) is 4.79 Å². The Morgan fingerprint density at radius 3 is 2.48 bits per heavy atom. The number of imide groups is 1. The van der Waals surface area contributed by atoms with E-state index in [1.54, 1.807) is 11.3 Å². The van der Waals surface area contributed by atoms with Gasteiger partial charge >= 0.3 is 6.03 Å². The SMILES string of the molecule is CCC1(CC)NC(=O)N(CC(=O)NC(CC(C)C)c2cccs2)C1=O. The molecule has 2 N–H and O–H groups in total. The average Bonchev–Trinajstić information content (AvgIpc) is 3.17. The van der Waals surface area contributed by atoms with Gasteiger partial charge in [0.15, 0.2) is 0 Å². The summed E-state index contributed by atoms with van der Waals surface area (Å²) in [5.41, 5.74) is -0.873. The van der Waals surface area contributed by atoms with E-state index < -0.39 is 11.6 Å². The molecular formula is C18H27N3O3S. The molecule has 25 heavy (non-hydrogen) atoms. The number of amides is 4. The Morgan fingerprint density at radius 1 is 1.32 bits per heavy atom. The van der Waals surface area contributed by atoms with Gasteiger partial charge in [0.05, 0.1) is 6.04 Å². The van der Waals surface area contributed by atoms with Crippen molar-refractivity contribution in [3.8, 4) is 0 Å². The van der Waals surface area contributed by atoms with Crippen molar-refractivity contribution >= 4 is 29.2 Å². The predicted octanol–water partition coefficient (Wildman–Crippen LogP) is 3.06. The van der Waals surface area contributed by atoms with Gasteiger partial charge in [0.25, 0.3) is 5.91 Å². The summed E-state index contributed by atoms with van der Waals surface area (Å²) in [6.45, 7) is 7.68. The average molecular weight is 365 g/mol. The van der Waals surface area contributed by atoms with Gasteiger partial charge < -0.3 is 10.6 Å². The first kappa shape index (κ1) is 19.4. The maximum Gasteiger partial charge on any atom is 0.325 e. The second-order valence-corrected chi connectivity index (χ2v) is 7.86. The second kappa shape index (κ2) is 7.99. The van der Waals surface area contributed by atoms with Gasteiger partial charge in [0.2, 0.25) is 5.91 Å². The topological polar surface area (TPSA) is 78.5 Å². The number of nitrogens with one attached hydrogen (secondary N) is 2. The third kappa shape index (κ3) is 4.21. The summed E-state index contributed by atoms with van der Waals surface area (Å²) in [6.07, 6.45) is 1.83. The van der Waals surface area contributed by atoms with Crippen LogP contribution in [0.25, 0.3) is 0 Å². The molecule has 0 aromatic carbocycles. The molecule has 138 valence electrons. The largest absolute Gasteiger partial charge is 0.347 e. The van der Waals surface area contributed by atoms with E-state index in [0.717, 1.165) is 16.2 Å². The fourth-order valence-electron chi connectivity index (χ4n) is 3.14. The maximum absolute atomic E-state index is 12.6. The van der Waals surface area contributed by atoms with E-state index in [1.165, 1.54) is 0 Å². The summed E-state index contributed by atoms with van der Waals surface area (Å²) in [5.74, 6) is -0.211. The van der Waals surface area contributed by atoms with E-state index in [0.29, 0.717) is 18.8 Å². The van der Waals surface area contributed by atoms with Crippen molar-refractivity contribution in [3.05, 3.63) is 22.4 Å². The molecule has 1 aromatic heterocycles. The van der Waals surface area contributed by atoms with Crippen LogP contribution in [0.3, 0.4) is 0 Å². The van der Waals surface area contributed by atoms with Crippen LogP contribution in [0.15, 0.2) is 17.5 Å². The molecule has 0 aliphatic carbocycles. The molecule has 2 rings (SSSR count). The van der Waals surface area contributed by atoms with Crippen LogP contribution in [-0.2, 0) is 9.59 Å². The maximum atomic E-state index is 12.6. The van der Waals surface area contributed by atoms with Crippen molar-refractivity contribution in [2.45, 2.75) is 58.5 Å². The highest BCUT2D eigenvalue weighted by atomic mass is 32.1. The predicted molar refractivity (Wildman–Crippen MR) is 98.2 cm³/mol. The highest BCUT2D eigenvalue weighted by molar-refractivity contribution is 7.10. The van der Waals surface area contributed by atoms with Crippen LogP contribution < -0.4 is 10.6 Å². The molecule has 6 nitrogen and oxygen atoms in total. The Balaban J connectivity index is 2.05. The van der Waals surface area contributed by atoms with E-state index in [2.05, 4.69) is 24.5 Å². The molecule has 1 saturated heterocycles. The first-order valence-corrected chi connectivity index (χ1v) is 9.67. The number of hydrogen-bond acceptors (Lipinski definition) is 4. The number of thiophene rings is 1. The molecular weight excluding hydrogens is 338 g/mol. The summed E-state index contributed by atoms with van der Waals surface area (Å²) in [4.78, 5) is 39.3. The van der Waals surface area contributed by atoms with Crippen LogP contribution in [0.5, 0.6) is 0 Å². The van der Waals surface area contributed by atoms with Crippen LogP contribution in [-0.4, -0.2) is 34.8 Å². The van der Waals surface area contributed by atoms with Crippen molar-refractivity contribution in [2.24, 2.45) is 5.92 Å². The van der Waals surface area contributed by atoms with Crippen molar-refractivity contribution in [2.75, 3.05) is 6.54 Å². The molecule has 0 radical (unpaired) electrons. The smallest absolute Gasteiger partial charge is 0.325 e. The van der Waals surface area contributed by atoms with E-state index >= 15 is 0 Å². The number of urea groups is 1. The molecule has 1 unspecified atom stereocenters. The molecule has 1 fully saturated rings. The number of nitrogens with zero attached hydrogens (tertiary/aromatic N) is 1. The molecule has 4 amide bonds. The van der Waals surface area contributed by atoms with Gasteiger partial charge in [-0.3, -0.25) is 14.5 Å². The minimum absolute atomic E-state index is 0.102. The number of carbonyl (C=O) groups is 3. The Labute approximate surface area is 153 Å². The third-order valence-electron chi connectivity index (χ3n) is 4.68. The van der Waals surface area contributed by atoms with Crippen molar-refractivity contribution in [1.82, 2.24) is 15.5 Å². The van der Waals surface area contributed by atoms with E-state index in [1.807, 2.05) is 31.4 Å². The molecule has 0 bridgehead atoms. The zero-order valence-electron chi connectivity index (χ0n) is 15.3. The molecule has 2 heterocycles. The number of hydrogen-bond donors (Lipinski definition) is 2. The molecule has 1 atom stereocenters. The normalized spacial score (nSPS) is 17.7. The van der Waals surface area contributed by atoms with Gasteiger partial charge in [0.1, 0.15) is 12.1 Å². The van der Waals surface area contributed by atoms with Crippen LogP contribution in [0.2, 0.25) is 0 Å². The van der Waals surface area contributed by atoms with Gasteiger partial charge in [-0.25, -0.2) is 4.79 Å². The first-order valence-electron chi connectivity index (χ1n) is 8.79. The fraction of sp³-hybridized carbons (Fsp3) is 0.611. The fourth-order valence-corrected chi connectivity index (χ4v) is 3.93. The highest BCUT2D eigenvalue weighted by Crippen LogP contribution is 2.27. The molecule has 1 aliphatic rings. The lowest BCUT2D eigenvalue weighted by Gasteiger charge is -2.23. The third-order valence-corrected chi connectivity index (χ3v) is 5.67. The Bertz CT molecular complexity index is 624. The van der Waals surface area contributed by atoms with E-state index in [-0.39, 0.29) is 24.4 Å². The zero-order valence-corrected chi connectivity index (χ0v) is 16.1. The van der Waals surface area contributed by atoms with E-state index in [9.17, 15) is 14.4 Å². The lowest BCUT2D eigenvalue weighted by molar-refractivity contribution is -0.135. The minimum Gasteiger partial charge on any atom is -0.347 e. The Hall–Kier alpha value is -1.89. The summed E-state index contributed by atoms with van der Waals surface area (Å²) < 4.78 is 0. The number of carbonyl (C=O) groups excluding carboxylic acids is 3. The number of rotatable bonds is 8. The Kier molecular flexibility index (Phi) is 6.21. The summed E-state index contributed by atoms with van der Waals surface area (Å²) >= 11 is 1.59. The highest BCUT2D eigenvalue weighted by Gasteiger charge is 2.49. The van der Waals surface area contributed by atoms with Crippen molar-refractivity contribution in [3.63, 3.8) is 0 Å². The quantitative estimate of drug-likeness (QED) is 0.695. The van der Waals surface area contributed by atoms with Gasteiger partial charge in [0, 0.05) is 4.88 Å². The monoisotopic (exact) mass is 365 g/mol. The molecule has 0 spiro atoms.